The standard InChI is InChI=1S/C18H23N3O3S.HI/c1-23-16-9-8-14(12-17(16)24-2)13-21-18(19)20-10-11-25(22)15-6-4-3-5-7-15;/h3-9,12H,10-11,13H2,1-2H3,(H3,19,20,21);1H. The fraction of sp³-hybridized carbons (Fsp3) is 0.278. The van der Waals surface area contributed by atoms with Crippen LogP contribution in [0.25, 0.3) is 0 Å². The molecule has 0 spiro atoms. The summed E-state index contributed by atoms with van der Waals surface area (Å²) in [6.45, 7) is 0.906. The minimum Gasteiger partial charge on any atom is -0.493 e. The molecule has 0 saturated carbocycles. The predicted molar refractivity (Wildman–Crippen MR) is 116 cm³/mol. The molecule has 26 heavy (non-hydrogen) atoms. The van der Waals surface area contributed by atoms with Crippen LogP contribution in [0.4, 0.5) is 0 Å². The van der Waals surface area contributed by atoms with Gasteiger partial charge < -0.3 is 20.5 Å². The van der Waals surface area contributed by atoms with E-state index >= 15 is 0 Å². The highest BCUT2D eigenvalue weighted by atomic mass is 127. The maximum atomic E-state index is 12.1. The largest absolute Gasteiger partial charge is 0.493 e. The molecule has 0 aliphatic heterocycles. The van der Waals surface area contributed by atoms with E-state index in [0.29, 0.717) is 36.3 Å². The minimum absolute atomic E-state index is 0. The second-order valence-corrected chi connectivity index (χ2v) is 6.75. The zero-order chi connectivity index (χ0) is 18.1. The van der Waals surface area contributed by atoms with E-state index < -0.39 is 10.8 Å². The summed E-state index contributed by atoms with van der Waals surface area (Å²) in [6, 6.07) is 14.9. The van der Waals surface area contributed by atoms with Gasteiger partial charge in [-0.05, 0) is 29.8 Å². The van der Waals surface area contributed by atoms with E-state index in [0.717, 1.165) is 10.5 Å². The van der Waals surface area contributed by atoms with Crippen LogP contribution in [0.1, 0.15) is 5.56 Å². The SMILES string of the molecule is COc1ccc(CN=C(N)NCCS(=O)c2ccccc2)cc1OC.I. The molecule has 0 saturated heterocycles. The highest BCUT2D eigenvalue weighted by Crippen LogP contribution is 2.27. The van der Waals surface area contributed by atoms with Gasteiger partial charge in [-0.15, -0.1) is 24.0 Å². The van der Waals surface area contributed by atoms with E-state index in [1.165, 1.54) is 0 Å². The number of rotatable bonds is 8. The first-order valence-corrected chi connectivity index (χ1v) is 9.14. The van der Waals surface area contributed by atoms with E-state index in [1.54, 1.807) is 14.2 Å². The van der Waals surface area contributed by atoms with Crippen LogP contribution in [0, 0.1) is 0 Å². The van der Waals surface area contributed by atoms with Crippen LogP contribution in [-0.2, 0) is 17.3 Å². The molecule has 3 N–H and O–H groups in total. The van der Waals surface area contributed by atoms with Gasteiger partial charge in [-0.25, -0.2) is 4.99 Å². The van der Waals surface area contributed by atoms with Gasteiger partial charge in [0.1, 0.15) is 0 Å². The van der Waals surface area contributed by atoms with E-state index in [1.807, 2.05) is 48.5 Å². The molecule has 0 aliphatic rings. The van der Waals surface area contributed by atoms with Crippen molar-refractivity contribution in [2.75, 3.05) is 26.5 Å². The third-order valence-electron chi connectivity index (χ3n) is 3.48. The predicted octanol–water partition coefficient (Wildman–Crippen LogP) is 2.53. The number of hydrogen-bond acceptors (Lipinski definition) is 4. The van der Waals surface area contributed by atoms with E-state index in [9.17, 15) is 4.21 Å². The smallest absolute Gasteiger partial charge is 0.188 e. The number of benzene rings is 2. The molecular weight excluding hydrogens is 465 g/mol. The summed E-state index contributed by atoms with van der Waals surface area (Å²) in [5, 5.41) is 2.98. The average Bonchev–Trinajstić information content (AvgIpc) is 2.66. The monoisotopic (exact) mass is 489 g/mol. The molecule has 0 fully saturated rings. The van der Waals surface area contributed by atoms with E-state index in [2.05, 4.69) is 10.3 Å². The number of guanidine groups is 1. The van der Waals surface area contributed by atoms with Gasteiger partial charge in [0.15, 0.2) is 17.5 Å². The topological polar surface area (TPSA) is 85.9 Å². The zero-order valence-electron chi connectivity index (χ0n) is 14.8. The Morgan fingerprint density at radius 1 is 1.12 bits per heavy atom. The van der Waals surface area contributed by atoms with Crippen LogP contribution in [-0.4, -0.2) is 36.7 Å². The van der Waals surface area contributed by atoms with Crippen molar-refractivity contribution >= 4 is 40.7 Å². The molecule has 0 amide bonds. The van der Waals surface area contributed by atoms with Crippen molar-refractivity contribution < 1.29 is 13.7 Å². The summed E-state index contributed by atoms with van der Waals surface area (Å²) in [7, 11) is 2.13. The molecule has 2 rings (SSSR count). The Labute approximate surface area is 173 Å². The maximum absolute atomic E-state index is 12.1. The summed E-state index contributed by atoms with van der Waals surface area (Å²) in [5.41, 5.74) is 6.81. The number of nitrogens with two attached hydrogens (primary N) is 1. The van der Waals surface area contributed by atoms with Gasteiger partial charge in [0.2, 0.25) is 0 Å². The molecule has 2 aromatic rings. The van der Waals surface area contributed by atoms with Crippen molar-refractivity contribution in [3.63, 3.8) is 0 Å². The maximum Gasteiger partial charge on any atom is 0.188 e. The van der Waals surface area contributed by atoms with E-state index in [-0.39, 0.29) is 24.0 Å². The van der Waals surface area contributed by atoms with Gasteiger partial charge >= 0.3 is 0 Å². The second kappa shape index (κ2) is 11.7. The Balaban J connectivity index is 0.00000338. The Morgan fingerprint density at radius 2 is 1.81 bits per heavy atom. The highest BCUT2D eigenvalue weighted by molar-refractivity contribution is 14.0. The van der Waals surface area contributed by atoms with Crippen molar-refractivity contribution in [2.24, 2.45) is 10.7 Å². The molecule has 8 heteroatoms. The second-order valence-electron chi connectivity index (χ2n) is 5.18. The molecule has 6 nitrogen and oxygen atoms in total. The van der Waals surface area contributed by atoms with Crippen LogP contribution in [0.2, 0.25) is 0 Å². The molecule has 0 bridgehead atoms. The van der Waals surface area contributed by atoms with Gasteiger partial charge in [0.25, 0.3) is 0 Å². The first-order valence-electron chi connectivity index (χ1n) is 7.82. The number of halogens is 1. The van der Waals surface area contributed by atoms with Crippen LogP contribution in [0.15, 0.2) is 58.4 Å². The van der Waals surface area contributed by atoms with Gasteiger partial charge in [-0.2, -0.15) is 0 Å². The van der Waals surface area contributed by atoms with Crippen molar-refractivity contribution in [2.45, 2.75) is 11.4 Å². The average molecular weight is 489 g/mol. The van der Waals surface area contributed by atoms with Crippen molar-refractivity contribution in [3.05, 3.63) is 54.1 Å². The number of ether oxygens (including phenoxy) is 2. The summed E-state index contributed by atoms with van der Waals surface area (Å²) in [4.78, 5) is 5.09. The molecule has 0 heterocycles. The van der Waals surface area contributed by atoms with Crippen molar-refractivity contribution in [3.8, 4) is 11.5 Å². The number of nitrogens with one attached hydrogen (secondary N) is 1. The third kappa shape index (κ3) is 6.83. The highest BCUT2D eigenvalue weighted by Gasteiger charge is 2.05. The lowest BCUT2D eigenvalue weighted by molar-refractivity contribution is 0.354. The van der Waals surface area contributed by atoms with Gasteiger partial charge in [-0.3, -0.25) is 4.21 Å². The van der Waals surface area contributed by atoms with Crippen molar-refractivity contribution in [1.29, 1.82) is 0 Å². The summed E-state index contributed by atoms with van der Waals surface area (Å²) in [5.74, 6) is 2.11. The fourth-order valence-electron chi connectivity index (χ4n) is 2.17. The summed E-state index contributed by atoms with van der Waals surface area (Å²) >= 11 is 0. The normalized spacial score (nSPS) is 12.0. The summed E-state index contributed by atoms with van der Waals surface area (Å²) in [6.07, 6.45) is 0. The molecule has 0 radical (unpaired) electrons. The quantitative estimate of drug-likeness (QED) is 0.338. The molecule has 1 unspecified atom stereocenters. The van der Waals surface area contributed by atoms with Gasteiger partial charge in [0, 0.05) is 17.2 Å². The Hall–Kier alpha value is -1.81. The molecular formula is C18H24IN3O3S. The van der Waals surface area contributed by atoms with Crippen molar-refractivity contribution in [1.82, 2.24) is 5.32 Å². The van der Waals surface area contributed by atoms with Crippen LogP contribution in [0.5, 0.6) is 11.5 Å². The first kappa shape index (κ1) is 22.2. The van der Waals surface area contributed by atoms with Crippen LogP contribution < -0.4 is 20.5 Å². The Bertz CT molecular complexity index is 742. The van der Waals surface area contributed by atoms with Crippen LogP contribution >= 0.6 is 24.0 Å². The number of hydrogen-bond donors (Lipinski definition) is 2. The molecule has 1 atom stereocenters. The molecule has 0 aliphatic carbocycles. The van der Waals surface area contributed by atoms with Gasteiger partial charge in [-0.1, -0.05) is 24.3 Å². The zero-order valence-corrected chi connectivity index (χ0v) is 18.0. The lowest BCUT2D eigenvalue weighted by Gasteiger charge is -2.09. The lowest BCUT2D eigenvalue weighted by atomic mass is 10.2. The minimum atomic E-state index is -1.05. The fourth-order valence-corrected chi connectivity index (χ4v) is 3.16. The first-order chi connectivity index (χ1) is 12.1. The van der Waals surface area contributed by atoms with Gasteiger partial charge in [0.05, 0.1) is 31.6 Å². The number of nitrogens with zero attached hydrogens (tertiary/aromatic N) is 1. The lowest BCUT2D eigenvalue weighted by Crippen LogP contribution is -2.34. The summed E-state index contributed by atoms with van der Waals surface area (Å²) < 4.78 is 22.6. The molecule has 2 aromatic carbocycles. The van der Waals surface area contributed by atoms with E-state index in [4.69, 9.17) is 15.2 Å². The number of methoxy groups -OCH3 is 2. The third-order valence-corrected chi connectivity index (χ3v) is 4.85. The molecule has 142 valence electrons. The molecule has 0 aromatic heterocycles. The Morgan fingerprint density at radius 3 is 2.46 bits per heavy atom. The number of aliphatic imine (C=N–C) groups is 1. The Kier molecular flexibility index (Phi) is 10.0. The van der Waals surface area contributed by atoms with Crippen LogP contribution in [0.3, 0.4) is 0 Å².